The first-order valence-electron chi connectivity index (χ1n) is 8.65. The van der Waals surface area contributed by atoms with Gasteiger partial charge in [0.05, 0.1) is 12.7 Å². The van der Waals surface area contributed by atoms with Crippen molar-refractivity contribution in [1.29, 1.82) is 0 Å². The lowest BCUT2D eigenvalue weighted by Gasteiger charge is -2.20. The molecule has 6 nitrogen and oxygen atoms in total. The summed E-state index contributed by atoms with van der Waals surface area (Å²) in [4.78, 5) is 27.4. The van der Waals surface area contributed by atoms with E-state index in [1.54, 1.807) is 14.1 Å². The zero-order valence-electron chi connectivity index (χ0n) is 14.4. The van der Waals surface area contributed by atoms with Crippen LogP contribution in [0.2, 0.25) is 0 Å². The molecule has 2 amide bonds. The molecule has 0 aromatic heterocycles. The second-order valence-electron chi connectivity index (χ2n) is 7.49. The van der Waals surface area contributed by atoms with Gasteiger partial charge in [0, 0.05) is 45.6 Å². The molecule has 2 saturated heterocycles. The SMILES string of the molecule is C[C@@H]1C[C@@H]1C(=O)N1C[C@H]2[C@@H](CCOCC(=O)N(C)C)CO[C@H]2C1. The molecule has 3 aliphatic rings. The predicted octanol–water partition coefficient (Wildman–Crippen LogP) is 0.611. The average molecular weight is 324 g/mol. The first kappa shape index (κ1) is 16.7. The highest BCUT2D eigenvalue weighted by Gasteiger charge is 2.49. The predicted molar refractivity (Wildman–Crippen MR) is 84.7 cm³/mol. The quantitative estimate of drug-likeness (QED) is 0.672. The molecule has 0 aromatic carbocycles. The van der Waals surface area contributed by atoms with Crippen LogP contribution < -0.4 is 0 Å². The van der Waals surface area contributed by atoms with Gasteiger partial charge in [0.25, 0.3) is 0 Å². The number of likely N-dealkylation sites (tertiary alicyclic amines) is 1. The van der Waals surface area contributed by atoms with Crippen LogP contribution in [-0.2, 0) is 19.1 Å². The fourth-order valence-corrected chi connectivity index (χ4v) is 3.70. The van der Waals surface area contributed by atoms with E-state index in [9.17, 15) is 9.59 Å². The Labute approximate surface area is 138 Å². The second kappa shape index (κ2) is 6.77. The number of likely N-dealkylation sites (N-methyl/N-ethyl adjacent to an activating group) is 1. The molecule has 0 spiro atoms. The van der Waals surface area contributed by atoms with Crippen molar-refractivity contribution in [3.8, 4) is 0 Å². The van der Waals surface area contributed by atoms with Crippen molar-refractivity contribution in [3.63, 3.8) is 0 Å². The molecule has 2 heterocycles. The third kappa shape index (κ3) is 3.69. The fraction of sp³-hybridized carbons (Fsp3) is 0.882. The summed E-state index contributed by atoms with van der Waals surface area (Å²) in [6.45, 7) is 5.19. The highest BCUT2D eigenvalue weighted by Crippen LogP contribution is 2.42. The van der Waals surface area contributed by atoms with Gasteiger partial charge < -0.3 is 19.3 Å². The van der Waals surface area contributed by atoms with Crippen LogP contribution in [0.4, 0.5) is 0 Å². The van der Waals surface area contributed by atoms with E-state index in [-0.39, 0.29) is 24.5 Å². The third-order valence-corrected chi connectivity index (χ3v) is 5.53. The first-order valence-corrected chi connectivity index (χ1v) is 8.65. The number of ether oxygens (including phenoxy) is 2. The standard InChI is InChI=1S/C17H28N2O4/c1-11-6-13(11)17(21)19-7-14-12(9-23-15(14)8-19)4-5-22-10-16(20)18(2)3/h11-15H,4-10H2,1-3H3/t11-,12+,13+,14+,15+/m1/s1. The van der Waals surface area contributed by atoms with Gasteiger partial charge in [-0.25, -0.2) is 0 Å². The average Bonchev–Trinajstić information content (AvgIpc) is 2.94. The summed E-state index contributed by atoms with van der Waals surface area (Å²) in [7, 11) is 3.46. The number of nitrogens with zero attached hydrogens (tertiary/aromatic N) is 2. The summed E-state index contributed by atoms with van der Waals surface area (Å²) in [6.07, 6.45) is 2.13. The number of carbonyl (C=O) groups excluding carboxylic acids is 2. The number of rotatable bonds is 6. The molecular weight excluding hydrogens is 296 g/mol. The van der Waals surface area contributed by atoms with E-state index >= 15 is 0 Å². The van der Waals surface area contributed by atoms with Crippen molar-refractivity contribution >= 4 is 11.8 Å². The molecule has 0 bridgehead atoms. The van der Waals surface area contributed by atoms with E-state index in [0.717, 1.165) is 32.5 Å². The molecule has 5 atom stereocenters. The van der Waals surface area contributed by atoms with Gasteiger partial charge in [-0.3, -0.25) is 9.59 Å². The molecule has 0 aromatic rings. The van der Waals surface area contributed by atoms with Gasteiger partial charge in [-0.15, -0.1) is 0 Å². The molecular formula is C17H28N2O4. The van der Waals surface area contributed by atoms with Crippen LogP contribution in [0.1, 0.15) is 19.8 Å². The van der Waals surface area contributed by atoms with Crippen molar-refractivity contribution in [2.24, 2.45) is 23.7 Å². The van der Waals surface area contributed by atoms with Crippen LogP contribution in [0.3, 0.4) is 0 Å². The van der Waals surface area contributed by atoms with Crippen molar-refractivity contribution in [2.75, 3.05) is 47.0 Å². The maximum atomic E-state index is 12.4. The lowest BCUT2D eigenvalue weighted by atomic mass is 9.91. The molecule has 6 heteroatoms. The first-order chi connectivity index (χ1) is 11.0. The van der Waals surface area contributed by atoms with Gasteiger partial charge in [-0.2, -0.15) is 0 Å². The topological polar surface area (TPSA) is 59.1 Å². The third-order valence-electron chi connectivity index (χ3n) is 5.53. The summed E-state index contributed by atoms with van der Waals surface area (Å²) in [6, 6.07) is 0. The van der Waals surface area contributed by atoms with Gasteiger partial charge in [0.2, 0.25) is 11.8 Å². The summed E-state index contributed by atoms with van der Waals surface area (Å²) in [5.41, 5.74) is 0. The van der Waals surface area contributed by atoms with Crippen molar-refractivity contribution in [3.05, 3.63) is 0 Å². The minimum Gasteiger partial charge on any atom is -0.376 e. The second-order valence-corrected chi connectivity index (χ2v) is 7.49. The van der Waals surface area contributed by atoms with Crippen LogP contribution in [-0.4, -0.2) is 74.7 Å². The Kier molecular flexibility index (Phi) is 4.92. The zero-order chi connectivity index (χ0) is 16.6. The number of hydrogen-bond donors (Lipinski definition) is 0. The van der Waals surface area contributed by atoms with Crippen molar-refractivity contribution in [1.82, 2.24) is 9.80 Å². The molecule has 0 N–H and O–H groups in total. The lowest BCUT2D eigenvalue weighted by molar-refractivity contribution is -0.134. The summed E-state index contributed by atoms with van der Waals surface area (Å²) in [5, 5.41) is 0. The Balaban J connectivity index is 1.41. The van der Waals surface area contributed by atoms with Gasteiger partial charge in [0.15, 0.2) is 0 Å². The molecule has 23 heavy (non-hydrogen) atoms. The van der Waals surface area contributed by atoms with E-state index in [4.69, 9.17) is 9.47 Å². The Morgan fingerprint density at radius 3 is 2.70 bits per heavy atom. The Bertz CT molecular complexity index is 468. The summed E-state index contributed by atoms with van der Waals surface area (Å²) >= 11 is 0. The van der Waals surface area contributed by atoms with E-state index in [0.29, 0.717) is 30.3 Å². The Morgan fingerprint density at radius 2 is 2.04 bits per heavy atom. The van der Waals surface area contributed by atoms with Gasteiger partial charge in [-0.1, -0.05) is 6.92 Å². The Morgan fingerprint density at radius 1 is 1.30 bits per heavy atom. The van der Waals surface area contributed by atoms with Gasteiger partial charge >= 0.3 is 0 Å². The number of carbonyl (C=O) groups is 2. The number of fused-ring (bicyclic) bond motifs is 1. The van der Waals surface area contributed by atoms with Gasteiger partial charge in [0.1, 0.15) is 6.61 Å². The highest BCUT2D eigenvalue weighted by molar-refractivity contribution is 5.82. The van der Waals surface area contributed by atoms with Crippen LogP contribution in [0.15, 0.2) is 0 Å². The molecule has 3 fully saturated rings. The number of amides is 2. The lowest BCUT2D eigenvalue weighted by Crippen LogP contribution is -2.33. The number of hydrogen-bond acceptors (Lipinski definition) is 4. The molecule has 0 radical (unpaired) electrons. The van der Waals surface area contributed by atoms with Crippen LogP contribution >= 0.6 is 0 Å². The maximum Gasteiger partial charge on any atom is 0.248 e. The van der Waals surface area contributed by atoms with Crippen molar-refractivity contribution in [2.45, 2.75) is 25.9 Å². The molecule has 3 rings (SSSR count). The van der Waals surface area contributed by atoms with Crippen LogP contribution in [0.5, 0.6) is 0 Å². The Hall–Kier alpha value is -1.14. The minimum atomic E-state index is -0.0123. The molecule has 1 aliphatic carbocycles. The molecule has 130 valence electrons. The normalized spacial score (nSPS) is 35.3. The fourth-order valence-electron chi connectivity index (χ4n) is 3.70. The molecule has 2 aliphatic heterocycles. The van der Waals surface area contributed by atoms with Crippen molar-refractivity contribution < 1.29 is 19.1 Å². The maximum absolute atomic E-state index is 12.4. The molecule has 1 saturated carbocycles. The highest BCUT2D eigenvalue weighted by atomic mass is 16.5. The largest absolute Gasteiger partial charge is 0.376 e. The monoisotopic (exact) mass is 324 g/mol. The van der Waals surface area contributed by atoms with Crippen LogP contribution in [0.25, 0.3) is 0 Å². The van der Waals surface area contributed by atoms with E-state index in [2.05, 4.69) is 6.92 Å². The molecule has 0 unspecified atom stereocenters. The minimum absolute atomic E-state index is 0.0123. The van der Waals surface area contributed by atoms with E-state index in [1.165, 1.54) is 4.90 Å². The van der Waals surface area contributed by atoms with E-state index in [1.807, 2.05) is 4.90 Å². The summed E-state index contributed by atoms with van der Waals surface area (Å²) < 4.78 is 11.4. The van der Waals surface area contributed by atoms with Gasteiger partial charge in [-0.05, 0) is 24.7 Å². The summed E-state index contributed by atoms with van der Waals surface area (Å²) in [5.74, 6) is 1.99. The smallest absolute Gasteiger partial charge is 0.248 e. The zero-order valence-corrected chi connectivity index (χ0v) is 14.4. The van der Waals surface area contributed by atoms with E-state index < -0.39 is 0 Å². The van der Waals surface area contributed by atoms with Crippen LogP contribution in [0, 0.1) is 23.7 Å².